The second-order valence-corrected chi connectivity index (χ2v) is 4.93. The average Bonchev–Trinajstić information content (AvgIpc) is 2.73. The van der Waals surface area contributed by atoms with Gasteiger partial charge in [0.2, 0.25) is 0 Å². The molecule has 0 saturated heterocycles. The van der Waals surface area contributed by atoms with Gasteiger partial charge in [-0.15, -0.1) is 11.3 Å². The molecule has 0 bridgehead atoms. The van der Waals surface area contributed by atoms with E-state index in [1.54, 1.807) is 17.5 Å². The van der Waals surface area contributed by atoms with E-state index in [4.69, 9.17) is 5.73 Å². The number of pyridine rings is 1. The minimum Gasteiger partial charge on any atom is -0.397 e. The summed E-state index contributed by atoms with van der Waals surface area (Å²) in [6.45, 7) is 3.74. The van der Waals surface area contributed by atoms with Gasteiger partial charge in [-0.1, -0.05) is 0 Å². The topological polar surface area (TPSA) is 63.8 Å². The number of aryl methyl sites for hydroxylation is 1. The summed E-state index contributed by atoms with van der Waals surface area (Å²) in [6, 6.07) is 3.84. The van der Waals surface area contributed by atoms with E-state index >= 15 is 0 Å². The standard InChI is InChI=1S/C12H16N4S/c1-9-16-12(8-17-9)7-14-5-4-11-3-2-10(13)6-15-11/h2-3,6,8,14H,4-5,7,13H2,1H3. The molecule has 0 aliphatic heterocycles. The van der Waals surface area contributed by atoms with Gasteiger partial charge in [0.1, 0.15) is 0 Å². The Hall–Kier alpha value is -1.46. The number of hydrogen-bond acceptors (Lipinski definition) is 5. The van der Waals surface area contributed by atoms with Gasteiger partial charge in [0.05, 0.1) is 22.6 Å². The largest absolute Gasteiger partial charge is 0.397 e. The van der Waals surface area contributed by atoms with Gasteiger partial charge < -0.3 is 11.1 Å². The van der Waals surface area contributed by atoms with Crippen LogP contribution in [0.15, 0.2) is 23.7 Å². The Balaban J connectivity index is 1.71. The summed E-state index contributed by atoms with van der Waals surface area (Å²) in [7, 11) is 0. The highest BCUT2D eigenvalue weighted by Crippen LogP contribution is 2.07. The molecule has 17 heavy (non-hydrogen) atoms. The molecule has 5 heteroatoms. The molecule has 0 atom stereocenters. The van der Waals surface area contributed by atoms with Crippen LogP contribution in [0.1, 0.15) is 16.4 Å². The van der Waals surface area contributed by atoms with Crippen LogP contribution in [0.25, 0.3) is 0 Å². The Morgan fingerprint density at radius 3 is 2.88 bits per heavy atom. The zero-order chi connectivity index (χ0) is 12.1. The Kier molecular flexibility index (Phi) is 4.06. The molecule has 0 radical (unpaired) electrons. The minimum atomic E-state index is 0.708. The summed E-state index contributed by atoms with van der Waals surface area (Å²) in [5.41, 5.74) is 8.45. The van der Waals surface area contributed by atoms with Crippen molar-refractivity contribution in [1.82, 2.24) is 15.3 Å². The van der Waals surface area contributed by atoms with Crippen LogP contribution in [0.4, 0.5) is 5.69 Å². The molecule has 4 nitrogen and oxygen atoms in total. The van der Waals surface area contributed by atoms with E-state index in [9.17, 15) is 0 Å². The fraction of sp³-hybridized carbons (Fsp3) is 0.333. The highest BCUT2D eigenvalue weighted by molar-refractivity contribution is 7.09. The van der Waals surface area contributed by atoms with Crippen molar-refractivity contribution in [2.45, 2.75) is 19.9 Å². The third-order valence-corrected chi connectivity index (χ3v) is 3.20. The maximum absolute atomic E-state index is 5.57. The van der Waals surface area contributed by atoms with Crippen LogP contribution in [0.3, 0.4) is 0 Å². The lowest BCUT2D eigenvalue weighted by Crippen LogP contribution is -2.17. The van der Waals surface area contributed by atoms with Crippen LogP contribution in [0, 0.1) is 6.92 Å². The van der Waals surface area contributed by atoms with E-state index in [0.717, 1.165) is 35.9 Å². The van der Waals surface area contributed by atoms with Gasteiger partial charge in [-0.3, -0.25) is 4.98 Å². The number of rotatable bonds is 5. The summed E-state index contributed by atoms with van der Waals surface area (Å²) in [5, 5.41) is 6.55. The van der Waals surface area contributed by atoms with Gasteiger partial charge in [-0.2, -0.15) is 0 Å². The SMILES string of the molecule is Cc1nc(CNCCc2ccc(N)cn2)cs1. The summed E-state index contributed by atoms with van der Waals surface area (Å²) < 4.78 is 0. The molecule has 2 aromatic rings. The summed E-state index contributed by atoms with van der Waals surface area (Å²) >= 11 is 1.68. The Morgan fingerprint density at radius 1 is 1.35 bits per heavy atom. The fourth-order valence-electron chi connectivity index (χ4n) is 1.51. The van der Waals surface area contributed by atoms with Gasteiger partial charge in [0.25, 0.3) is 0 Å². The fourth-order valence-corrected chi connectivity index (χ4v) is 2.12. The first-order chi connectivity index (χ1) is 8.24. The number of nitrogens with one attached hydrogen (secondary N) is 1. The normalized spacial score (nSPS) is 10.6. The predicted octanol–water partition coefficient (Wildman–Crippen LogP) is 1.76. The first-order valence-electron chi connectivity index (χ1n) is 5.56. The second kappa shape index (κ2) is 5.75. The molecular formula is C12H16N4S. The lowest BCUT2D eigenvalue weighted by Gasteiger charge is -2.02. The van der Waals surface area contributed by atoms with Crippen molar-refractivity contribution >= 4 is 17.0 Å². The minimum absolute atomic E-state index is 0.708. The lowest BCUT2D eigenvalue weighted by atomic mass is 10.2. The summed E-state index contributed by atoms with van der Waals surface area (Å²) in [4.78, 5) is 8.64. The van der Waals surface area contributed by atoms with Gasteiger partial charge in [0, 0.05) is 30.6 Å². The zero-order valence-electron chi connectivity index (χ0n) is 9.81. The maximum atomic E-state index is 5.57. The molecule has 0 unspecified atom stereocenters. The zero-order valence-corrected chi connectivity index (χ0v) is 10.6. The van der Waals surface area contributed by atoms with Crippen molar-refractivity contribution in [1.29, 1.82) is 0 Å². The monoisotopic (exact) mass is 248 g/mol. The molecule has 0 aliphatic carbocycles. The first kappa shape index (κ1) is 12.0. The summed E-state index contributed by atoms with van der Waals surface area (Å²) in [6.07, 6.45) is 2.60. The van der Waals surface area contributed by atoms with E-state index in [2.05, 4.69) is 20.7 Å². The highest BCUT2D eigenvalue weighted by Gasteiger charge is 1.98. The molecular weight excluding hydrogens is 232 g/mol. The maximum Gasteiger partial charge on any atom is 0.0897 e. The molecule has 2 heterocycles. The summed E-state index contributed by atoms with van der Waals surface area (Å²) in [5.74, 6) is 0. The quantitative estimate of drug-likeness (QED) is 0.791. The Bertz CT molecular complexity index is 464. The molecule has 90 valence electrons. The number of hydrogen-bond donors (Lipinski definition) is 2. The molecule has 2 aromatic heterocycles. The molecule has 3 N–H and O–H groups in total. The van der Waals surface area contributed by atoms with Crippen molar-refractivity contribution in [3.63, 3.8) is 0 Å². The van der Waals surface area contributed by atoms with Crippen molar-refractivity contribution in [2.24, 2.45) is 0 Å². The number of nitrogens with zero attached hydrogens (tertiary/aromatic N) is 2. The van der Waals surface area contributed by atoms with Crippen LogP contribution in [0.2, 0.25) is 0 Å². The second-order valence-electron chi connectivity index (χ2n) is 3.87. The average molecular weight is 248 g/mol. The van der Waals surface area contributed by atoms with E-state index < -0.39 is 0 Å². The van der Waals surface area contributed by atoms with E-state index in [0.29, 0.717) is 5.69 Å². The smallest absolute Gasteiger partial charge is 0.0897 e. The van der Waals surface area contributed by atoms with Crippen LogP contribution in [-0.4, -0.2) is 16.5 Å². The van der Waals surface area contributed by atoms with Crippen LogP contribution in [-0.2, 0) is 13.0 Å². The molecule has 0 fully saturated rings. The molecule has 0 spiro atoms. The number of aromatic nitrogens is 2. The third kappa shape index (κ3) is 3.80. The molecule has 0 saturated carbocycles. The lowest BCUT2D eigenvalue weighted by molar-refractivity contribution is 0.670. The van der Waals surface area contributed by atoms with E-state index in [1.807, 2.05) is 19.1 Å². The van der Waals surface area contributed by atoms with Crippen molar-refractivity contribution in [2.75, 3.05) is 12.3 Å². The molecule has 2 rings (SSSR count). The molecule has 0 amide bonds. The van der Waals surface area contributed by atoms with Gasteiger partial charge >= 0.3 is 0 Å². The van der Waals surface area contributed by atoms with Crippen molar-refractivity contribution in [3.8, 4) is 0 Å². The van der Waals surface area contributed by atoms with Gasteiger partial charge in [-0.25, -0.2) is 4.98 Å². The highest BCUT2D eigenvalue weighted by atomic mass is 32.1. The van der Waals surface area contributed by atoms with Crippen LogP contribution >= 0.6 is 11.3 Å². The number of nitrogens with two attached hydrogens (primary N) is 1. The van der Waals surface area contributed by atoms with Gasteiger partial charge in [-0.05, 0) is 19.1 Å². The third-order valence-electron chi connectivity index (χ3n) is 2.38. The Labute approximate surface area is 105 Å². The molecule has 0 aliphatic rings. The van der Waals surface area contributed by atoms with Crippen molar-refractivity contribution in [3.05, 3.63) is 40.1 Å². The number of anilines is 1. The number of thiazole rings is 1. The van der Waals surface area contributed by atoms with Gasteiger partial charge in [0.15, 0.2) is 0 Å². The van der Waals surface area contributed by atoms with E-state index in [1.165, 1.54) is 0 Å². The van der Waals surface area contributed by atoms with Crippen LogP contribution < -0.4 is 11.1 Å². The Morgan fingerprint density at radius 2 is 2.24 bits per heavy atom. The van der Waals surface area contributed by atoms with E-state index in [-0.39, 0.29) is 0 Å². The van der Waals surface area contributed by atoms with Crippen LogP contribution in [0.5, 0.6) is 0 Å². The predicted molar refractivity (Wildman–Crippen MR) is 70.9 cm³/mol. The number of nitrogen functional groups attached to an aromatic ring is 1. The first-order valence-corrected chi connectivity index (χ1v) is 6.44. The molecule has 0 aromatic carbocycles. The van der Waals surface area contributed by atoms with Crippen molar-refractivity contribution < 1.29 is 0 Å².